The SMILES string of the molecule is CC(C)c1ccccc1NS(=O)(=O)C1CC1.CCCS(=O)(=O)Nc1ccccc1C(C)C. The lowest BCUT2D eigenvalue weighted by atomic mass is 10.0. The van der Waals surface area contributed by atoms with Crippen LogP contribution in [0.3, 0.4) is 0 Å². The molecule has 2 aromatic rings. The summed E-state index contributed by atoms with van der Waals surface area (Å²) in [6.45, 7) is 10.1. The van der Waals surface area contributed by atoms with E-state index in [0.717, 1.165) is 29.7 Å². The van der Waals surface area contributed by atoms with Crippen molar-refractivity contribution >= 4 is 31.4 Å². The molecule has 0 bridgehead atoms. The third-order valence-electron chi connectivity index (χ3n) is 5.12. The summed E-state index contributed by atoms with van der Waals surface area (Å²) in [6, 6.07) is 15.1. The van der Waals surface area contributed by atoms with Crippen molar-refractivity contribution in [3.63, 3.8) is 0 Å². The minimum Gasteiger partial charge on any atom is -0.283 e. The zero-order valence-electron chi connectivity index (χ0n) is 19.6. The van der Waals surface area contributed by atoms with Gasteiger partial charge in [-0.3, -0.25) is 9.44 Å². The highest BCUT2D eigenvalue weighted by molar-refractivity contribution is 7.93. The summed E-state index contributed by atoms with van der Waals surface area (Å²) in [4.78, 5) is 0. The Bertz CT molecular complexity index is 1090. The van der Waals surface area contributed by atoms with Crippen LogP contribution in [0.4, 0.5) is 11.4 Å². The molecule has 0 aromatic heterocycles. The second kappa shape index (κ2) is 11.2. The van der Waals surface area contributed by atoms with Gasteiger partial charge in [-0.1, -0.05) is 71.0 Å². The maximum Gasteiger partial charge on any atom is 0.235 e. The normalized spacial score (nSPS) is 14.1. The molecule has 0 heterocycles. The van der Waals surface area contributed by atoms with Gasteiger partial charge in [0.05, 0.1) is 22.4 Å². The maximum absolute atomic E-state index is 11.8. The van der Waals surface area contributed by atoms with E-state index < -0.39 is 20.0 Å². The Hall–Kier alpha value is -2.06. The van der Waals surface area contributed by atoms with Crippen LogP contribution >= 0.6 is 0 Å². The fourth-order valence-electron chi connectivity index (χ4n) is 3.29. The van der Waals surface area contributed by atoms with Crippen LogP contribution in [0.5, 0.6) is 0 Å². The lowest BCUT2D eigenvalue weighted by Gasteiger charge is -2.14. The Morgan fingerprint density at radius 3 is 1.62 bits per heavy atom. The molecule has 8 heteroatoms. The summed E-state index contributed by atoms with van der Waals surface area (Å²) < 4.78 is 52.3. The summed E-state index contributed by atoms with van der Waals surface area (Å²) in [5.74, 6) is 0.790. The molecule has 2 aromatic carbocycles. The molecule has 1 aliphatic carbocycles. The number of para-hydroxylation sites is 2. The van der Waals surface area contributed by atoms with Crippen LogP contribution < -0.4 is 9.44 Å². The van der Waals surface area contributed by atoms with E-state index in [0.29, 0.717) is 23.9 Å². The minimum atomic E-state index is -3.19. The molecule has 178 valence electrons. The molecular weight excluding hydrogens is 444 g/mol. The van der Waals surface area contributed by atoms with Crippen LogP contribution in [0.15, 0.2) is 48.5 Å². The highest BCUT2D eigenvalue weighted by atomic mass is 32.2. The van der Waals surface area contributed by atoms with Crippen LogP contribution in [0.1, 0.15) is 76.8 Å². The quantitative estimate of drug-likeness (QED) is 0.483. The summed E-state index contributed by atoms with van der Waals surface area (Å²) in [5.41, 5.74) is 3.50. The van der Waals surface area contributed by atoms with Gasteiger partial charge in [0.1, 0.15) is 0 Å². The Balaban J connectivity index is 0.000000227. The highest BCUT2D eigenvalue weighted by Crippen LogP contribution is 2.32. The fraction of sp³-hybridized carbons (Fsp3) is 0.500. The van der Waals surface area contributed by atoms with Gasteiger partial charge in [0, 0.05) is 0 Å². The van der Waals surface area contributed by atoms with Gasteiger partial charge in [-0.2, -0.15) is 0 Å². The van der Waals surface area contributed by atoms with E-state index >= 15 is 0 Å². The molecule has 1 fully saturated rings. The Labute approximate surface area is 193 Å². The van der Waals surface area contributed by atoms with E-state index in [1.165, 1.54) is 0 Å². The summed E-state index contributed by atoms with van der Waals surface area (Å²) >= 11 is 0. The summed E-state index contributed by atoms with van der Waals surface area (Å²) in [7, 11) is -6.34. The van der Waals surface area contributed by atoms with Crippen LogP contribution in [-0.4, -0.2) is 27.8 Å². The second-order valence-corrected chi connectivity index (χ2v) is 12.6. The molecule has 0 atom stereocenters. The van der Waals surface area contributed by atoms with Crippen molar-refractivity contribution in [3.8, 4) is 0 Å². The van der Waals surface area contributed by atoms with Gasteiger partial charge in [0.25, 0.3) is 0 Å². The number of sulfonamides is 2. The van der Waals surface area contributed by atoms with Gasteiger partial charge in [-0.25, -0.2) is 16.8 Å². The third-order valence-corrected chi connectivity index (χ3v) is 8.45. The molecule has 0 unspecified atom stereocenters. The summed E-state index contributed by atoms with van der Waals surface area (Å²) in [6.07, 6.45) is 2.21. The summed E-state index contributed by atoms with van der Waals surface area (Å²) in [5, 5.41) is -0.173. The van der Waals surface area contributed by atoms with Gasteiger partial charge in [-0.05, 0) is 54.4 Å². The molecular formula is C24H36N2O4S2. The largest absolute Gasteiger partial charge is 0.283 e. The highest BCUT2D eigenvalue weighted by Gasteiger charge is 2.36. The smallest absolute Gasteiger partial charge is 0.235 e. The lowest BCUT2D eigenvalue weighted by Crippen LogP contribution is -2.18. The third kappa shape index (κ3) is 7.81. The number of hydrogen-bond acceptors (Lipinski definition) is 4. The second-order valence-electron chi connectivity index (χ2n) is 8.75. The molecule has 2 N–H and O–H groups in total. The van der Waals surface area contributed by atoms with Crippen molar-refractivity contribution in [1.82, 2.24) is 0 Å². The predicted molar refractivity (Wildman–Crippen MR) is 134 cm³/mol. The number of anilines is 2. The Morgan fingerprint density at radius 2 is 1.22 bits per heavy atom. The molecule has 32 heavy (non-hydrogen) atoms. The molecule has 0 radical (unpaired) electrons. The van der Waals surface area contributed by atoms with Gasteiger partial charge in [0.15, 0.2) is 0 Å². The van der Waals surface area contributed by atoms with Crippen molar-refractivity contribution in [3.05, 3.63) is 59.7 Å². The molecule has 1 saturated carbocycles. The molecule has 3 rings (SSSR count). The van der Waals surface area contributed by atoms with Crippen LogP contribution in [0.2, 0.25) is 0 Å². The van der Waals surface area contributed by atoms with E-state index in [4.69, 9.17) is 0 Å². The molecule has 6 nitrogen and oxygen atoms in total. The van der Waals surface area contributed by atoms with Crippen LogP contribution in [-0.2, 0) is 20.0 Å². The van der Waals surface area contributed by atoms with Crippen molar-refractivity contribution in [2.24, 2.45) is 0 Å². The van der Waals surface area contributed by atoms with Crippen molar-refractivity contribution < 1.29 is 16.8 Å². The lowest BCUT2D eigenvalue weighted by molar-refractivity contribution is 0.598. The average Bonchev–Trinajstić information content (AvgIpc) is 3.54. The van der Waals surface area contributed by atoms with E-state index in [-0.39, 0.29) is 11.0 Å². The molecule has 0 aliphatic heterocycles. The zero-order chi connectivity index (χ0) is 23.9. The molecule has 0 amide bonds. The van der Waals surface area contributed by atoms with Gasteiger partial charge in [-0.15, -0.1) is 0 Å². The number of rotatable bonds is 9. The van der Waals surface area contributed by atoms with E-state index in [1.807, 2.05) is 69.3 Å². The monoisotopic (exact) mass is 480 g/mol. The molecule has 1 aliphatic rings. The Kier molecular flexibility index (Phi) is 9.16. The first-order chi connectivity index (χ1) is 15.0. The van der Waals surface area contributed by atoms with Gasteiger partial charge in [0.2, 0.25) is 20.0 Å². The van der Waals surface area contributed by atoms with Crippen molar-refractivity contribution in [2.45, 2.75) is 71.0 Å². The topological polar surface area (TPSA) is 92.3 Å². The maximum atomic E-state index is 11.8. The van der Waals surface area contributed by atoms with E-state index in [2.05, 4.69) is 23.3 Å². The molecule has 0 saturated heterocycles. The fourth-order valence-corrected chi connectivity index (χ4v) is 5.87. The number of benzene rings is 2. The van der Waals surface area contributed by atoms with E-state index in [1.54, 1.807) is 0 Å². The predicted octanol–water partition coefficient (Wildman–Crippen LogP) is 5.68. The average molecular weight is 481 g/mol. The Morgan fingerprint density at radius 1 is 0.781 bits per heavy atom. The standard InChI is InChI=1S/C12H17NO2S.C12H19NO2S/c1-9(2)11-5-3-4-6-12(11)13-16(14,15)10-7-8-10;1-4-9-16(14,15)13-12-8-6-5-7-11(12)10(2)3/h3-6,9-10,13H,7-8H2,1-2H3;5-8,10,13H,4,9H2,1-3H3. The van der Waals surface area contributed by atoms with E-state index in [9.17, 15) is 16.8 Å². The number of nitrogens with one attached hydrogen (secondary N) is 2. The van der Waals surface area contributed by atoms with Crippen molar-refractivity contribution in [2.75, 3.05) is 15.2 Å². The van der Waals surface area contributed by atoms with Gasteiger partial charge < -0.3 is 0 Å². The first kappa shape index (κ1) is 26.2. The minimum absolute atomic E-state index is 0.166. The van der Waals surface area contributed by atoms with Gasteiger partial charge >= 0.3 is 0 Å². The van der Waals surface area contributed by atoms with Crippen molar-refractivity contribution in [1.29, 1.82) is 0 Å². The zero-order valence-corrected chi connectivity index (χ0v) is 21.3. The van der Waals surface area contributed by atoms with Crippen LogP contribution in [0.25, 0.3) is 0 Å². The number of hydrogen-bond donors (Lipinski definition) is 2. The first-order valence-electron chi connectivity index (χ1n) is 11.2. The first-order valence-corrected chi connectivity index (χ1v) is 14.4. The molecule has 0 spiro atoms. The van der Waals surface area contributed by atoms with Crippen LogP contribution in [0, 0.1) is 0 Å².